The molecule has 2 N–H and O–H groups in total. The molecule has 0 bridgehead atoms. The van der Waals surface area contributed by atoms with Crippen molar-refractivity contribution >= 4 is 5.78 Å². The summed E-state index contributed by atoms with van der Waals surface area (Å²) in [4.78, 5) is 10.1. The summed E-state index contributed by atoms with van der Waals surface area (Å²) in [5.41, 5.74) is 0. The fourth-order valence-corrected chi connectivity index (χ4v) is 1.06. The lowest BCUT2D eigenvalue weighted by Crippen LogP contribution is -1.76. The number of hydrogen-bond donors (Lipinski definition) is 2. The molecular formula is C18H20O3. The Hall–Kier alpha value is -2.81. The number of para-hydroxylation sites is 2. The molecule has 21 heavy (non-hydrogen) atoms. The normalized spacial score (nSPS) is 8.81. The van der Waals surface area contributed by atoms with Crippen molar-refractivity contribution in [3.63, 3.8) is 0 Å². The summed E-state index contributed by atoms with van der Waals surface area (Å²) in [6.45, 7) is 4.89. The monoisotopic (exact) mass is 284 g/mol. The smallest absolute Gasteiger partial charge is 0.152 e. The fourth-order valence-electron chi connectivity index (χ4n) is 1.06. The van der Waals surface area contributed by atoms with Crippen molar-refractivity contribution < 1.29 is 15.0 Å². The summed E-state index contributed by atoms with van der Waals surface area (Å²) in [7, 11) is 0. The van der Waals surface area contributed by atoms with Crippen LogP contribution >= 0.6 is 0 Å². The van der Waals surface area contributed by atoms with Gasteiger partial charge in [0.2, 0.25) is 0 Å². The van der Waals surface area contributed by atoms with E-state index in [4.69, 9.17) is 10.2 Å². The third kappa shape index (κ3) is 13.4. The van der Waals surface area contributed by atoms with Crippen LogP contribution < -0.4 is 0 Å². The Labute approximate surface area is 125 Å². The van der Waals surface area contributed by atoms with Gasteiger partial charge in [0, 0.05) is 0 Å². The van der Waals surface area contributed by atoms with Gasteiger partial charge in [0.15, 0.2) is 5.78 Å². The van der Waals surface area contributed by atoms with E-state index >= 15 is 0 Å². The zero-order valence-electron chi connectivity index (χ0n) is 12.0. The Balaban J connectivity index is 0.000000286. The summed E-state index contributed by atoms with van der Waals surface area (Å²) in [5.74, 6) is 0.699. The number of carbonyl (C=O) groups excluding carboxylic acids is 1. The number of rotatable bonds is 2. The lowest BCUT2D eigenvalue weighted by molar-refractivity contribution is -0.112. The highest BCUT2D eigenvalue weighted by Crippen LogP contribution is 2.03. The van der Waals surface area contributed by atoms with E-state index in [9.17, 15) is 4.79 Å². The Morgan fingerprint density at radius 1 is 0.905 bits per heavy atom. The number of hydrogen-bond acceptors (Lipinski definition) is 3. The first-order valence-corrected chi connectivity index (χ1v) is 6.34. The van der Waals surface area contributed by atoms with Gasteiger partial charge in [-0.2, -0.15) is 0 Å². The van der Waals surface area contributed by atoms with Crippen LogP contribution in [0.15, 0.2) is 85.5 Å². The van der Waals surface area contributed by atoms with Gasteiger partial charge in [0.1, 0.15) is 11.5 Å². The predicted octanol–water partition coefficient (Wildman–Crippen LogP) is 4.10. The quantitative estimate of drug-likeness (QED) is 0.644. The zero-order chi connectivity index (χ0) is 15.9. The molecule has 0 aromatic heterocycles. The maximum atomic E-state index is 10.1. The largest absolute Gasteiger partial charge is 0.508 e. The number of benzene rings is 2. The number of phenols is 2. The van der Waals surface area contributed by atoms with Gasteiger partial charge in [-0.25, -0.2) is 0 Å². The minimum Gasteiger partial charge on any atom is -0.508 e. The van der Waals surface area contributed by atoms with Crippen molar-refractivity contribution in [2.75, 3.05) is 0 Å². The third-order valence-electron chi connectivity index (χ3n) is 1.98. The lowest BCUT2D eigenvalue weighted by Gasteiger charge is -1.82. The molecule has 2 aromatic carbocycles. The maximum absolute atomic E-state index is 10.1. The third-order valence-corrected chi connectivity index (χ3v) is 1.98. The Morgan fingerprint density at radius 3 is 1.43 bits per heavy atom. The molecule has 0 saturated carbocycles. The second-order valence-electron chi connectivity index (χ2n) is 3.88. The van der Waals surface area contributed by atoms with Crippen LogP contribution in [0.1, 0.15) is 6.92 Å². The van der Waals surface area contributed by atoms with Gasteiger partial charge in [-0.3, -0.25) is 4.79 Å². The fraction of sp³-hybridized carbons (Fsp3) is 0.0556. The number of aromatic hydroxyl groups is 2. The summed E-state index contributed by atoms with van der Waals surface area (Å²) in [5, 5.41) is 17.3. The van der Waals surface area contributed by atoms with E-state index in [0.29, 0.717) is 11.5 Å². The van der Waals surface area contributed by atoms with Gasteiger partial charge in [0.05, 0.1) is 0 Å². The highest BCUT2D eigenvalue weighted by atomic mass is 16.3. The van der Waals surface area contributed by atoms with E-state index in [0.717, 1.165) is 0 Å². The van der Waals surface area contributed by atoms with Gasteiger partial charge < -0.3 is 10.2 Å². The van der Waals surface area contributed by atoms with Gasteiger partial charge >= 0.3 is 0 Å². The molecule has 0 aliphatic heterocycles. The first-order chi connectivity index (χ1) is 10.1. The number of phenolic OH excluding ortho intramolecular Hbond substituents is 2. The van der Waals surface area contributed by atoms with Crippen LogP contribution in [0, 0.1) is 0 Å². The minimum atomic E-state index is 0.0555. The molecule has 0 amide bonds. The molecule has 0 spiro atoms. The van der Waals surface area contributed by atoms with Crippen LogP contribution in [-0.2, 0) is 4.79 Å². The molecule has 0 fully saturated rings. The number of ketones is 1. The molecule has 0 unspecified atom stereocenters. The van der Waals surface area contributed by atoms with E-state index < -0.39 is 0 Å². The Kier molecular flexibility index (Phi) is 10.6. The number of allylic oxidation sites excluding steroid dienone is 3. The predicted molar refractivity (Wildman–Crippen MR) is 86.2 cm³/mol. The average Bonchev–Trinajstić information content (AvgIpc) is 2.48. The van der Waals surface area contributed by atoms with Crippen molar-refractivity contribution in [3.8, 4) is 11.5 Å². The van der Waals surface area contributed by atoms with Crippen molar-refractivity contribution in [3.05, 3.63) is 85.5 Å². The van der Waals surface area contributed by atoms with Crippen molar-refractivity contribution in [1.29, 1.82) is 0 Å². The zero-order valence-corrected chi connectivity index (χ0v) is 12.0. The molecule has 110 valence electrons. The van der Waals surface area contributed by atoms with Gasteiger partial charge in [-0.1, -0.05) is 55.1 Å². The molecular weight excluding hydrogens is 264 g/mol. The maximum Gasteiger partial charge on any atom is 0.152 e. The van der Waals surface area contributed by atoms with E-state index in [1.165, 1.54) is 13.0 Å². The van der Waals surface area contributed by atoms with Gasteiger partial charge in [0.25, 0.3) is 0 Å². The summed E-state index contributed by atoms with van der Waals surface area (Å²) in [6, 6.07) is 17.4. The van der Waals surface area contributed by atoms with E-state index in [-0.39, 0.29) is 5.78 Å². The van der Waals surface area contributed by atoms with E-state index in [2.05, 4.69) is 6.58 Å². The Bertz CT molecular complexity index is 493. The molecule has 0 heterocycles. The van der Waals surface area contributed by atoms with Crippen molar-refractivity contribution in [2.45, 2.75) is 6.92 Å². The lowest BCUT2D eigenvalue weighted by atomic mass is 10.3. The summed E-state index contributed by atoms with van der Waals surface area (Å²) >= 11 is 0. The molecule has 0 aliphatic carbocycles. The molecule has 3 heteroatoms. The average molecular weight is 284 g/mol. The minimum absolute atomic E-state index is 0.0555. The second-order valence-corrected chi connectivity index (χ2v) is 3.88. The standard InChI is InChI=1S/2C6H6O.C6H8O/c2*7-6-4-2-1-3-5-6;1-3-4-5-6(2)7/h2*1-5,7H;3-5H,1H2,2H3. The second kappa shape index (κ2) is 12.2. The van der Waals surface area contributed by atoms with Crippen LogP contribution in [0.5, 0.6) is 11.5 Å². The van der Waals surface area contributed by atoms with E-state index in [1.54, 1.807) is 60.7 Å². The molecule has 0 saturated heterocycles. The van der Waals surface area contributed by atoms with Gasteiger partial charge in [-0.05, 0) is 37.3 Å². The molecule has 0 aliphatic rings. The first-order valence-electron chi connectivity index (χ1n) is 6.34. The first kappa shape index (κ1) is 18.2. The number of carbonyl (C=O) groups is 1. The van der Waals surface area contributed by atoms with Crippen LogP contribution in [0.25, 0.3) is 0 Å². The summed E-state index contributed by atoms with van der Waals surface area (Å²) < 4.78 is 0. The molecule has 2 rings (SSSR count). The van der Waals surface area contributed by atoms with Crippen LogP contribution in [0.3, 0.4) is 0 Å². The van der Waals surface area contributed by atoms with E-state index in [1.807, 2.05) is 12.1 Å². The van der Waals surface area contributed by atoms with Crippen molar-refractivity contribution in [2.24, 2.45) is 0 Å². The molecule has 0 radical (unpaired) electrons. The molecule has 0 atom stereocenters. The molecule has 2 aromatic rings. The van der Waals surface area contributed by atoms with Gasteiger partial charge in [-0.15, -0.1) is 0 Å². The topological polar surface area (TPSA) is 57.5 Å². The highest BCUT2D eigenvalue weighted by molar-refractivity contribution is 5.87. The van der Waals surface area contributed by atoms with Crippen molar-refractivity contribution in [1.82, 2.24) is 0 Å². The van der Waals surface area contributed by atoms with Crippen LogP contribution in [0.4, 0.5) is 0 Å². The van der Waals surface area contributed by atoms with Crippen LogP contribution in [0.2, 0.25) is 0 Å². The van der Waals surface area contributed by atoms with Crippen LogP contribution in [-0.4, -0.2) is 16.0 Å². The molecule has 3 nitrogen and oxygen atoms in total. The summed E-state index contributed by atoms with van der Waals surface area (Å²) in [6.07, 6.45) is 4.65. The Morgan fingerprint density at radius 2 is 1.29 bits per heavy atom. The highest BCUT2D eigenvalue weighted by Gasteiger charge is 1.75. The SMILES string of the molecule is C=CC=CC(C)=O.Oc1ccccc1.Oc1ccccc1.